The third-order valence-corrected chi connectivity index (χ3v) is 2.66. The lowest BCUT2D eigenvalue weighted by Gasteiger charge is -2.08. The van der Waals surface area contributed by atoms with E-state index >= 15 is 0 Å². The van der Waals surface area contributed by atoms with Crippen molar-refractivity contribution in [1.29, 1.82) is 0 Å². The maximum Gasteiger partial charge on any atom is 0.336 e. The molecule has 1 rings (SSSR count). The molecular formula is C10H13NO2S. The minimum atomic E-state index is -0.909. The van der Waals surface area contributed by atoms with Gasteiger partial charge in [-0.3, -0.25) is 0 Å². The van der Waals surface area contributed by atoms with Gasteiger partial charge in [-0.05, 0) is 18.2 Å². The number of thioether (sulfide) groups is 1. The molecule has 3 N–H and O–H groups in total. The number of anilines is 1. The highest BCUT2D eigenvalue weighted by atomic mass is 32.2. The molecule has 3 nitrogen and oxygen atoms in total. The summed E-state index contributed by atoms with van der Waals surface area (Å²) < 4.78 is 0. The summed E-state index contributed by atoms with van der Waals surface area (Å²) in [4.78, 5) is 11.6. The Kier molecular flexibility index (Phi) is 3.41. The molecular weight excluding hydrogens is 198 g/mol. The predicted molar refractivity (Wildman–Crippen MR) is 58.8 cm³/mol. The van der Waals surface area contributed by atoms with Crippen molar-refractivity contribution in [2.75, 3.05) is 5.73 Å². The average Bonchev–Trinajstić information content (AvgIpc) is 2.01. The third kappa shape index (κ3) is 2.67. The molecule has 0 spiro atoms. The zero-order valence-electron chi connectivity index (χ0n) is 8.15. The number of aromatic carboxylic acids is 1. The van der Waals surface area contributed by atoms with Crippen LogP contribution < -0.4 is 5.73 Å². The van der Waals surface area contributed by atoms with Crippen molar-refractivity contribution in [3.63, 3.8) is 0 Å². The summed E-state index contributed by atoms with van der Waals surface area (Å²) in [5, 5.41) is 9.26. The molecule has 0 amide bonds. The van der Waals surface area contributed by atoms with Crippen molar-refractivity contribution in [3.05, 3.63) is 23.8 Å². The smallest absolute Gasteiger partial charge is 0.336 e. The zero-order chi connectivity index (χ0) is 10.7. The number of carboxylic acid groups (broad SMARTS) is 1. The van der Waals surface area contributed by atoms with Crippen LogP contribution >= 0.6 is 11.8 Å². The third-order valence-electron chi connectivity index (χ3n) is 1.60. The van der Waals surface area contributed by atoms with Crippen molar-refractivity contribution in [2.24, 2.45) is 0 Å². The second kappa shape index (κ2) is 4.37. The van der Waals surface area contributed by atoms with E-state index in [0.29, 0.717) is 16.5 Å². The van der Waals surface area contributed by atoms with Crippen molar-refractivity contribution < 1.29 is 9.90 Å². The van der Waals surface area contributed by atoms with Gasteiger partial charge < -0.3 is 10.8 Å². The monoisotopic (exact) mass is 211 g/mol. The van der Waals surface area contributed by atoms with Crippen LogP contribution in [-0.2, 0) is 0 Å². The van der Waals surface area contributed by atoms with Gasteiger partial charge in [0.1, 0.15) is 0 Å². The van der Waals surface area contributed by atoms with E-state index in [0.717, 1.165) is 4.90 Å². The van der Waals surface area contributed by atoms with Crippen LogP contribution in [-0.4, -0.2) is 16.3 Å². The molecule has 0 fully saturated rings. The molecule has 0 unspecified atom stereocenters. The van der Waals surface area contributed by atoms with Crippen molar-refractivity contribution in [2.45, 2.75) is 24.0 Å². The molecule has 0 aromatic heterocycles. The molecule has 1 aromatic rings. The first-order chi connectivity index (χ1) is 6.50. The number of hydrogen-bond acceptors (Lipinski definition) is 3. The molecule has 1 aromatic carbocycles. The second-order valence-corrected chi connectivity index (χ2v) is 4.85. The zero-order valence-corrected chi connectivity index (χ0v) is 8.97. The van der Waals surface area contributed by atoms with E-state index in [-0.39, 0.29) is 0 Å². The number of hydrogen-bond donors (Lipinski definition) is 2. The van der Waals surface area contributed by atoms with Gasteiger partial charge in [0.25, 0.3) is 0 Å². The molecule has 0 saturated carbocycles. The molecule has 4 heteroatoms. The number of carboxylic acids is 1. The molecule has 0 atom stereocenters. The first kappa shape index (κ1) is 10.9. The van der Waals surface area contributed by atoms with E-state index in [1.807, 2.05) is 13.8 Å². The maximum atomic E-state index is 10.9. The fourth-order valence-electron chi connectivity index (χ4n) is 1.07. The lowest BCUT2D eigenvalue weighted by Crippen LogP contribution is -2.01. The van der Waals surface area contributed by atoms with Gasteiger partial charge in [-0.2, -0.15) is 0 Å². The predicted octanol–water partition coefficient (Wildman–Crippen LogP) is 2.47. The number of benzene rings is 1. The van der Waals surface area contributed by atoms with Crippen molar-refractivity contribution in [1.82, 2.24) is 0 Å². The van der Waals surface area contributed by atoms with Crippen LogP contribution in [0.25, 0.3) is 0 Å². The molecule has 0 saturated heterocycles. The molecule has 0 radical (unpaired) electrons. The van der Waals surface area contributed by atoms with Gasteiger partial charge in [-0.25, -0.2) is 4.79 Å². The highest BCUT2D eigenvalue weighted by molar-refractivity contribution is 8.00. The van der Waals surface area contributed by atoms with Gasteiger partial charge in [-0.15, -0.1) is 11.8 Å². The van der Waals surface area contributed by atoms with Gasteiger partial charge in [-0.1, -0.05) is 13.8 Å². The molecule has 0 aliphatic carbocycles. The number of carbonyl (C=O) groups is 1. The van der Waals surface area contributed by atoms with E-state index in [1.54, 1.807) is 18.2 Å². The summed E-state index contributed by atoms with van der Waals surface area (Å²) in [7, 11) is 0. The summed E-state index contributed by atoms with van der Waals surface area (Å²) in [5.41, 5.74) is 6.51. The summed E-state index contributed by atoms with van der Waals surface area (Å²) in [6.07, 6.45) is 0. The Morgan fingerprint density at radius 2 is 2.14 bits per heavy atom. The first-order valence-electron chi connectivity index (χ1n) is 4.30. The molecule has 0 aliphatic heterocycles. The van der Waals surface area contributed by atoms with Crippen molar-refractivity contribution in [3.8, 4) is 0 Å². The summed E-state index contributed by atoms with van der Waals surface area (Å²) >= 11 is 1.51. The second-order valence-electron chi connectivity index (χ2n) is 3.23. The van der Waals surface area contributed by atoms with E-state index in [4.69, 9.17) is 10.8 Å². The molecule has 14 heavy (non-hydrogen) atoms. The van der Waals surface area contributed by atoms with Gasteiger partial charge in [0, 0.05) is 15.8 Å². The number of rotatable bonds is 3. The van der Waals surface area contributed by atoms with E-state index < -0.39 is 5.97 Å². The molecule has 76 valence electrons. The Labute approximate surface area is 87.3 Å². The Balaban J connectivity index is 3.09. The SMILES string of the molecule is CC(C)Sc1cc(N)ccc1C(=O)O. The fourth-order valence-corrected chi connectivity index (χ4v) is 2.06. The van der Waals surface area contributed by atoms with Crippen LogP contribution in [0.2, 0.25) is 0 Å². The van der Waals surface area contributed by atoms with Gasteiger partial charge in [0.2, 0.25) is 0 Å². The average molecular weight is 211 g/mol. The van der Waals surface area contributed by atoms with Gasteiger partial charge in [0.15, 0.2) is 0 Å². The summed E-state index contributed by atoms with van der Waals surface area (Å²) in [6.45, 7) is 4.03. The molecule has 0 heterocycles. The Morgan fingerprint density at radius 1 is 1.50 bits per heavy atom. The van der Waals surface area contributed by atoms with Crippen LogP contribution in [0.3, 0.4) is 0 Å². The lowest BCUT2D eigenvalue weighted by molar-refractivity contribution is 0.0693. The minimum absolute atomic E-state index is 0.318. The van der Waals surface area contributed by atoms with Crippen LogP contribution in [0.1, 0.15) is 24.2 Å². The summed E-state index contributed by atoms with van der Waals surface area (Å²) in [6, 6.07) is 4.85. The van der Waals surface area contributed by atoms with Crippen LogP contribution in [0.4, 0.5) is 5.69 Å². The Morgan fingerprint density at radius 3 is 2.64 bits per heavy atom. The number of nitrogens with two attached hydrogens (primary N) is 1. The normalized spacial score (nSPS) is 10.5. The van der Waals surface area contributed by atoms with Gasteiger partial charge in [0.05, 0.1) is 5.56 Å². The van der Waals surface area contributed by atoms with E-state index in [2.05, 4.69) is 0 Å². The first-order valence-corrected chi connectivity index (χ1v) is 5.18. The fraction of sp³-hybridized carbons (Fsp3) is 0.300. The van der Waals surface area contributed by atoms with E-state index in [1.165, 1.54) is 11.8 Å². The van der Waals surface area contributed by atoms with Crippen LogP contribution in [0.15, 0.2) is 23.1 Å². The van der Waals surface area contributed by atoms with Crippen LogP contribution in [0, 0.1) is 0 Å². The standard InChI is InChI=1S/C10H13NO2S/c1-6(2)14-9-5-7(11)3-4-8(9)10(12)13/h3-6H,11H2,1-2H3,(H,12,13). The van der Waals surface area contributed by atoms with Crippen molar-refractivity contribution >= 4 is 23.4 Å². The van der Waals surface area contributed by atoms with E-state index in [9.17, 15) is 4.79 Å². The quantitative estimate of drug-likeness (QED) is 0.595. The maximum absolute atomic E-state index is 10.9. The minimum Gasteiger partial charge on any atom is -0.478 e. The highest BCUT2D eigenvalue weighted by Crippen LogP contribution is 2.28. The largest absolute Gasteiger partial charge is 0.478 e. The van der Waals surface area contributed by atoms with Gasteiger partial charge >= 0.3 is 5.97 Å². The lowest BCUT2D eigenvalue weighted by atomic mass is 10.2. The summed E-state index contributed by atoms with van der Waals surface area (Å²) in [5.74, 6) is -0.909. The topological polar surface area (TPSA) is 63.3 Å². The Bertz CT molecular complexity index is 350. The highest BCUT2D eigenvalue weighted by Gasteiger charge is 2.11. The molecule has 0 aliphatic rings. The van der Waals surface area contributed by atoms with Crippen LogP contribution in [0.5, 0.6) is 0 Å². The Hall–Kier alpha value is -1.16. The number of nitrogen functional groups attached to an aromatic ring is 1. The molecule has 0 bridgehead atoms.